The molecule has 7 heteroatoms. The van der Waals surface area contributed by atoms with Crippen LogP contribution in [0.3, 0.4) is 0 Å². The van der Waals surface area contributed by atoms with Crippen molar-refractivity contribution in [3.05, 3.63) is 76.9 Å². The normalized spacial score (nSPS) is 17.4. The predicted molar refractivity (Wildman–Crippen MR) is 124 cm³/mol. The zero-order valence-electron chi connectivity index (χ0n) is 17.4. The number of nitrogens with zero attached hydrogens (tertiary/aromatic N) is 1. The Bertz CT molecular complexity index is 940. The minimum atomic E-state index is -0.296. The van der Waals surface area contributed by atoms with Gasteiger partial charge in [0.2, 0.25) is 0 Å². The summed E-state index contributed by atoms with van der Waals surface area (Å²) >= 11 is 1.55. The Morgan fingerprint density at radius 3 is 2.58 bits per heavy atom. The van der Waals surface area contributed by atoms with Crippen LogP contribution in [0.5, 0.6) is 0 Å². The summed E-state index contributed by atoms with van der Waals surface area (Å²) in [5, 5.41) is 7.67. The van der Waals surface area contributed by atoms with E-state index < -0.39 is 0 Å². The number of amides is 2. The molecule has 0 aromatic heterocycles. The van der Waals surface area contributed by atoms with Gasteiger partial charge in [0, 0.05) is 48.1 Å². The van der Waals surface area contributed by atoms with E-state index in [4.69, 9.17) is 4.74 Å². The smallest absolute Gasteiger partial charge is 0.291 e. The third kappa shape index (κ3) is 6.12. The van der Waals surface area contributed by atoms with Crippen LogP contribution in [0.25, 0.3) is 0 Å². The average Bonchev–Trinajstić information content (AvgIpc) is 2.82. The van der Waals surface area contributed by atoms with E-state index in [-0.39, 0.29) is 17.9 Å². The molecule has 2 aromatic rings. The topological polar surface area (TPSA) is 70.7 Å². The lowest BCUT2D eigenvalue weighted by Gasteiger charge is -2.32. The summed E-state index contributed by atoms with van der Waals surface area (Å²) in [5.74, 6) is 0.752. The molecule has 0 radical (unpaired) electrons. The van der Waals surface area contributed by atoms with Crippen molar-refractivity contribution in [2.75, 3.05) is 30.8 Å². The molecule has 1 saturated heterocycles. The molecule has 2 aromatic carbocycles. The summed E-state index contributed by atoms with van der Waals surface area (Å²) in [6.07, 6.45) is 1.86. The molecule has 2 aliphatic rings. The van der Waals surface area contributed by atoms with Crippen LogP contribution in [0.4, 0.5) is 5.69 Å². The van der Waals surface area contributed by atoms with Crippen molar-refractivity contribution in [1.82, 2.24) is 10.2 Å². The lowest BCUT2D eigenvalue weighted by atomic mass is 10.0. The number of benzene rings is 2. The zero-order chi connectivity index (χ0) is 21.5. The van der Waals surface area contributed by atoms with Gasteiger partial charge in [0.15, 0.2) is 5.76 Å². The SMILES string of the molecule is O=C(Nc1cccc(C(=O)NC2CCN(Cc3ccccc3)CC2)c1)C1=CSCCO1. The van der Waals surface area contributed by atoms with Gasteiger partial charge in [-0.25, -0.2) is 0 Å². The third-order valence-corrected chi connectivity index (χ3v) is 6.21. The third-order valence-electron chi connectivity index (χ3n) is 5.43. The highest BCUT2D eigenvalue weighted by Crippen LogP contribution is 2.19. The minimum Gasteiger partial charge on any atom is -0.487 e. The Kier molecular flexibility index (Phi) is 7.27. The minimum absolute atomic E-state index is 0.110. The second-order valence-electron chi connectivity index (χ2n) is 7.75. The summed E-state index contributed by atoms with van der Waals surface area (Å²) in [5.41, 5.74) is 2.43. The van der Waals surface area contributed by atoms with Crippen LogP contribution in [0.1, 0.15) is 28.8 Å². The van der Waals surface area contributed by atoms with Crippen molar-refractivity contribution in [3.63, 3.8) is 0 Å². The highest BCUT2D eigenvalue weighted by molar-refractivity contribution is 8.02. The van der Waals surface area contributed by atoms with Crippen molar-refractivity contribution in [1.29, 1.82) is 0 Å². The Morgan fingerprint density at radius 2 is 1.84 bits per heavy atom. The van der Waals surface area contributed by atoms with Gasteiger partial charge in [-0.05, 0) is 36.6 Å². The maximum absolute atomic E-state index is 12.7. The summed E-state index contributed by atoms with van der Waals surface area (Å²) in [4.78, 5) is 27.5. The molecule has 162 valence electrons. The fourth-order valence-corrected chi connectivity index (χ4v) is 4.39. The van der Waals surface area contributed by atoms with Gasteiger partial charge in [0.05, 0.1) is 6.61 Å². The first kappa shape index (κ1) is 21.5. The second-order valence-corrected chi connectivity index (χ2v) is 8.72. The number of ether oxygens (including phenoxy) is 1. The second kappa shape index (κ2) is 10.5. The molecule has 6 nitrogen and oxygen atoms in total. The quantitative estimate of drug-likeness (QED) is 0.722. The van der Waals surface area contributed by atoms with E-state index in [1.807, 2.05) is 6.07 Å². The van der Waals surface area contributed by atoms with Crippen LogP contribution in [0.15, 0.2) is 65.8 Å². The standard InChI is InChI=1S/C24H27N3O3S/c28-23(25-20-9-11-27(12-10-20)16-18-5-2-1-3-6-18)19-7-4-8-21(15-19)26-24(29)22-17-31-14-13-30-22/h1-8,15,17,20H,9-14,16H2,(H,25,28)(H,26,29). The molecule has 2 aliphatic heterocycles. The highest BCUT2D eigenvalue weighted by atomic mass is 32.2. The molecule has 0 atom stereocenters. The van der Waals surface area contributed by atoms with Gasteiger partial charge in [0.25, 0.3) is 11.8 Å². The van der Waals surface area contributed by atoms with Crippen LogP contribution < -0.4 is 10.6 Å². The van der Waals surface area contributed by atoms with Crippen molar-refractivity contribution in [2.24, 2.45) is 0 Å². The molecule has 31 heavy (non-hydrogen) atoms. The maximum Gasteiger partial charge on any atom is 0.291 e. The van der Waals surface area contributed by atoms with Gasteiger partial charge >= 0.3 is 0 Å². The van der Waals surface area contributed by atoms with Crippen molar-refractivity contribution < 1.29 is 14.3 Å². The molecule has 2 N–H and O–H groups in total. The van der Waals surface area contributed by atoms with E-state index in [9.17, 15) is 9.59 Å². The molecule has 2 heterocycles. The van der Waals surface area contributed by atoms with Crippen molar-refractivity contribution in [2.45, 2.75) is 25.4 Å². The largest absolute Gasteiger partial charge is 0.487 e. The molecule has 4 rings (SSSR count). The fraction of sp³-hybridized carbons (Fsp3) is 0.333. The maximum atomic E-state index is 12.7. The number of hydrogen-bond donors (Lipinski definition) is 2. The fourth-order valence-electron chi connectivity index (χ4n) is 3.76. The number of carbonyl (C=O) groups excluding carboxylic acids is 2. The van der Waals surface area contributed by atoms with Gasteiger partial charge < -0.3 is 15.4 Å². The van der Waals surface area contributed by atoms with E-state index in [1.54, 1.807) is 41.4 Å². The van der Waals surface area contributed by atoms with Crippen LogP contribution >= 0.6 is 11.8 Å². The molecular formula is C24H27N3O3S. The van der Waals surface area contributed by atoms with E-state index in [0.717, 1.165) is 38.2 Å². The van der Waals surface area contributed by atoms with Gasteiger partial charge in [-0.1, -0.05) is 36.4 Å². The molecule has 2 amide bonds. The van der Waals surface area contributed by atoms with Gasteiger partial charge in [-0.3, -0.25) is 14.5 Å². The van der Waals surface area contributed by atoms with E-state index in [2.05, 4.69) is 39.8 Å². The van der Waals surface area contributed by atoms with Gasteiger partial charge in [-0.15, -0.1) is 11.8 Å². The Hall–Kier alpha value is -2.77. The Balaban J connectivity index is 1.27. The van der Waals surface area contributed by atoms with Crippen LogP contribution in [0, 0.1) is 0 Å². The van der Waals surface area contributed by atoms with E-state index in [1.165, 1.54) is 5.56 Å². The number of rotatable bonds is 6. The van der Waals surface area contributed by atoms with Crippen LogP contribution in [-0.2, 0) is 16.1 Å². The average molecular weight is 438 g/mol. The summed E-state index contributed by atoms with van der Waals surface area (Å²) < 4.78 is 5.38. The molecule has 0 unspecified atom stereocenters. The zero-order valence-corrected chi connectivity index (χ0v) is 18.2. The molecule has 0 spiro atoms. The molecule has 0 bridgehead atoms. The number of piperidine rings is 1. The number of hydrogen-bond acceptors (Lipinski definition) is 5. The van der Waals surface area contributed by atoms with Crippen molar-refractivity contribution >= 4 is 29.3 Å². The highest BCUT2D eigenvalue weighted by Gasteiger charge is 2.21. The number of carbonyl (C=O) groups is 2. The predicted octanol–water partition coefficient (Wildman–Crippen LogP) is 3.62. The lowest BCUT2D eigenvalue weighted by Crippen LogP contribution is -2.44. The first-order chi connectivity index (χ1) is 15.2. The van der Waals surface area contributed by atoms with Gasteiger partial charge in [0.1, 0.15) is 0 Å². The van der Waals surface area contributed by atoms with Gasteiger partial charge in [-0.2, -0.15) is 0 Å². The summed E-state index contributed by atoms with van der Waals surface area (Å²) in [6, 6.07) is 17.6. The molecular weight excluding hydrogens is 410 g/mol. The number of likely N-dealkylation sites (tertiary alicyclic amines) is 1. The van der Waals surface area contributed by atoms with Crippen LogP contribution in [-0.4, -0.2) is 48.2 Å². The van der Waals surface area contributed by atoms with E-state index >= 15 is 0 Å². The number of anilines is 1. The molecule has 0 saturated carbocycles. The lowest BCUT2D eigenvalue weighted by molar-refractivity contribution is -0.116. The van der Waals surface area contributed by atoms with E-state index in [0.29, 0.717) is 23.6 Å². The summed E-state index contributed by atoms with van der Waals surface area (Å²) in [7, 11) is 0. The monoisotopic (exact) mass is 437 g/mol. The van der Waals surface area contributed by atoms with Crippen LogP contribution in [0.2, 0.25) is 0 Å². The number of nitrogens with one attached hydrogen (secondary N) is 2. The van der Waals surface area contributed by atoms with Crippen molar-refractivity contribution in [3.8, 4) is 0 Å². The first-order valence-corrected chi connectivity index (χ1v) is 11.7. The molecule has 0 aliphatic carbocycles. The summed E-state index contributed by atoms with van der Waals surface area (Å²) in [6.45, 7) is 3.39. The Labute approximate surface area is 187 Å². The first-order valence-electron chi connectivity index (χ1n) is 10.6. The molecule has 1 fully saturated rings. The Morgan fingerprint density at radius 1 is 1.03 bits per heavy atom. The number of thioether (sulfide) groups is 1.